The Morgan fingerprint density at radius 1 is 1.30 bits per heavy atom. The molecule has 0 amide bonds. The van der Waals surface area contributed by atoms with E-state index < -0.39 is 0 Å². The van der Waals surface area contributed by atoms with Gasteiger partial charge in [0, 0.05) is 25.1 Å². The Labute approximate surface area is 117 Å². The smallest absolute Gasteiger partial charge is 0.252 e. The molecule has 1 aromatic carbocycles. The molecule has 1 aromatic heterocycles. The number of nitrogens with one attached hydrogen (secondary N) is 2. The third-order valence-corrected chi connectivity index (χ3v) is 3.52. The van der Waals surface area contributed by atoms with Crippen LogP contribution < -0.4 is 16.6 Å². The van der Waals surface area contributed by atoms with E-state index in [2.05, 4.69) is 15.3 Å². The number of hydrogen-bond donors (Lipinski definition) is 3. The number of hydrogen-bond acceptors (Lipinski definition) is 4. The molecule has 0 radical (unpaired) electrons. The van der Waals surface area contributed by atoms with Gasteiger partial charge < -0.3 is 16.0 Å². The van der Waals surface area contributed by atoms with Gasteiger partial charge in [0.25, 0.3) is 5.56 Å². The molecule has 1 fully saturated rings. The Bertz CT molecular complexity index is 661. The van der Waals surface area contributed by atoms with E-state index in [1.54, 1.807) is 0 Å². The van der Waals surface area contributed by atoms with Crippen molar-refractivity contribution in [1.29, 1.82) is 0 Å². The Hall–Kier alpha value is -2.14. The summed E-state index contributed by atoms with van der Waals surface area (Å²) in [7, 11) is 0. The summed E-state index contributed by atoms with van der Waals surface area (Å²) < 4.78 is 0. The van der Waals surface area contributed by atoms with Crippen LogP contribution in [0.15, 0.2) is 35.1 Å². The molecule has 5 nitrogen and oxygen atoms in total. The molecular formula is C15H18N4O. The highest BCUT2D eigenvalue weighted by atomic mass is 16.1. The highest BCUT2D eigenvalue weighted by Gasteiger charge is 2.26. The molecule has 1 heterocycles. The monoisotopic (exact) mass is 270 g/mol. The number of nitrogens with zero attached hydrogens (tertiary/aromatic N) is 1. The fourth-order valence-electron chi connectivity index (χ4n) is 2.23. The van der Waals surface area contributed by atoms with Crippen LogP contribution in [0.5, 0.6) is 0 Å². The van der Waals surface area contributed by atoms with Gasteiger partial charge >= 0.3 is 0 Å². The molecule has 3 rings (SSSR count). The predicted octanol–water partition coefficient (Wildman–Crippen LogP) is 1.72. The Morgan fingerprint density at radius 2 is 2.05 bits per heavy atom. The lowest BCUT2D eigenvalue weighted by molar-refractivity contribution is 0.901. The van der Waals surface area contributed by atoms with E-state index in [1.165, 1.54) is 6.07 Å². The van der Waals surface area contributed by atoms with Gasteiger partial charge in [-0.2, -0.15) is 0 Å². The maximum Gasteiger partial charge on any atom is 0.252 e. The summed E-state index contributed by atoms with van der Waals surface area (Å²) in [5.74, 6) is 1.86. The van der Waals surface area contributed by atoms with Crippen LogP contribution in [0, 0.1) is 0 Å². The van der Waals surface area contributed by atoms with Gasteiger partial charge in [-0.3, -0.25) is 4.79 Å². The summed E-state index contributed by atoms with van der Waals surface area (Å²) in [6, 6.07) is 9.50. The summed E-state index contributed by atoms with van der Waals surface area (Å²) >= 11 is 0. The number of benzene rings is 1. The minimum absolute atomic E-state index is 0.100. The van der Waals surface area contributed by atoms with E-state index in [0.29, 0.717) is 24.8 Å². The number of H-pyrrole nitrogens is 1. The van der Waals surface area contributed by atoms with Crippen molar-refractivity contribution in [2.75, 3.05) is 5.32 Å². The molecule has 0 spiro atoms. The lowest BCUT2D eigenvalue weighted by atomic mass is 10.1. The van der Waals surface area contributed by atoms with Gasteiger partial charge in [-0.05, 0) is 24.0 Å². The first kappa shape index (κ1) is 12.9. The summed E-state index contributed by atoms with van der Waals surface area (Å²) in [4.78, 5) is 18.9. The molecule has 104 valence electrons. The van der Waals surface area contributed by atoms with Crippen LogP contribution in [-0.2, 0) is 13.1 Å². The molecule has 0 saturated heterocycles. The highest BCUT2D eigenvalue weighted by Crippen LogP contribution is 2.37. The minimum Gasteiger partial charge on any atom is -0.366 e. The van der Waals surface area contributed by atoms with Crippen LogP contribution in [0.4, 0.5) is 5.82 Å². The molecule has 0 bridgehead atoms. The maximum atomic E-state index is 11.6. The molecule has 0 unspecified atom stereocenters. The van der Waals surface area contributed by atoms with Gasteiger partial charge in [0.1, 0.15) is 11.6 Å². The summed E-state index contributed by atoms with van der Waals surface area (Å²) in [5, 5.41) is 3.21. The van der Waals surface area contributed by atoms with Crippen LogP contribution in [0.3, 0.4) is 0 Å². The van der Waals surface area contributed by atoms with E-state index in [4.69, 9.17) is 5.73 Å². The van der Waals surface area contributed by atoms with E-state index in [0.717, 1.165) is 29.8 Å². The fraction of sp³-hybridized carbons (Fsp3) is 0.333. The number of rotatable bonds is 5. The molecule has 0 aliphatic heterocycles. The molecule has 0 atom stereocenters. The molecule has 5 heteroatoms. The van der Waals surface area contributed by atoms with Crippen LogP contribution in [-0.4, -0.2) is 9.97 Å². The van der Waals surface area contributed by atoms with Gasteiger partial charge in [0.15, 0.2) is 0 Å². The summed E-state index contributed by atoms with van der Waals surface area (Å²) in [5.41, 5.74) is 7.85. The Kier molecular flexibility index (Phi) is 3.52. The van der Waals surface area contributed by atoms with E-state index in [9.17, 15) is 4.79 Å². The third-order valence-electron chi connectivity index (χ3n) is 3.52. The number of aromatic nitrogens is 2. The standard InChI is InChI=1S/C15H18N4O/c16-8-11-3-1-2-4-12(11)9-17-13-7-14(20)19-15(18-13)10-5-6-10/h1-4,7,10H,5-6,8-9,16H2,(H2,17,18,19,20). The van der Waals surface area contributed by atoms with Crippen molar-refractivity contribution >= 4 is 5.82 Å². The van der Waals surface area contributed by atoms with Crippen molar-refractivity contribution in [2.45, 2.75) is 31.8 Å². The number of anilines is 1. The van der Waals surface area contributed by atoms with Gasteiger partial charge in [-0.25, -0.2) is 4.98 Å². The normalized spacial score (nSPS) is 14.2. The van der Waals surface area contributed by atoms with Crippen molar-refractivity contribution in [1.82, 2.24) is 9.97 Å². The van der Waals surface area contributed by atoms with Crippen molar-refractivity contribution in [3.05, 3.63) is 57.6 Å². The second-order valence-electron chi connectivity index (χ2n) is 5.12. The van der Waals surface area contributed by atoms with Crippen molar-refractivity contribution in [3.8, 4) is 0 Å². The van der Waals surface area contributed by atoms with Gasteiger partial charge in [-0.1, -0.05) is 24.3 Å². The quantitative estimate of drug-likeness (QED) is 0.772. The van der Waals surface area contributed by atoms with Gasteiger partial charge in [0.05, 0.1) is 0 Å². The zero-order valence-corrected chi connectivity index (χ0v) is 11.2. The zero-order chi connectivity index (χ0) is 13.9. The highest BCUT2D eigenvalue weighted by molar-refractivity contribution is 5.37. The molecule has 1 aliphatic rings. The topological polar surface area (TPSA) is 83.8 Å². The minimum atomic E-state index is -0.100. The first-order valence-electron chi connectivity index (χ1n) is 6.88. The number of nitrogens with two attached hydrogens (primary N) is 1. The van der Waals surface area contributed by atoms with Crippen molar-refractivity contribution in [3.63, 3.8) is 0 Å². The first-order valence-corrected chi connectivity index (χ1v) is 6.88. The lowest BCUT2D eigenvalue weighted by Gasteiger charge is -2.10. The van der Waals surface area contributed by atoms with Crippen LogP contribution >= 0.6 is 0 Å². The van der Waals surface area contributed by atoms with Crippen LogP contribution in [0.1, 0.15) is 35.7 Å². The fourth-order valence-corrected chi connectivity index (χ4v) is 2.23. The van der Waals surface area contributed by atoms with Crippen LogP contribution in [0.2, 0.25) is 0 Å². The van der Waals surface area contributed by atoms with Crippen molar-refractivity contribution < 1.29 is 0 Å². The molecule has 1 aliphatic carbocycles. The lowest BCUT2D eigenvalue weighted by Crippen LogP contribution is -2.14. The summed E-state index contributed by atoms with van der Waals surface area (Å²) in [6.45, 7) is 1.13. The third kappa shape index (κ3) is 2.88. The van der Waals surface area contributed by atoms with Gasteiger partial charge in [0.2, 0.25) is 0 Å². The molecular weight excluding hydrogens is 252 g/mol. The second kappa shape index (κ2) is 5.46. The average molecular weight is 270 g/mol. The Morgan fingerprint density at radius 3 is 2.75 bits per heavy atom. The zero-order valence-electron chi connectivity index (χ0n) is 11.2. The predicted molar refractivity (Wildman–Crippen MR) is 78.5 cm³/mol. The van der Waals surface area contributed by atoms with E-state index in [-0.39, 0.29) is 5.56 Å². The number of aromatic amines is 1. The molecule has 1 saturated carbocycles. The molecule has 4 N–H and O–H groups in total. The van der Waals surface area contributed by atoms with Crippen LogP contribution in [0.25, 0.3) is 0 Å². The van der Waals surface area contributed by atoms with E-state index >= 15 is 0 Å². The second-order valence-corrected chi connectivity index (χ2v) is 5.12. The first-order chi connectivity index (χ1) is 9.76. The average Bonchev–Trinajstić information content (AvgIpc) is 3.29. The molecule has 20 heavy (non-hydrogen) atoms. The summed E-state index contributed by atoms with van der Waals surface area (Å²) in [6.07, 6.45) is 2.23. The van der Waals surface area contributed by atoms with Gasteiger partial charge in [-0.15, -0.1) is 0 Å². The largest absolute Gasteiger partial charge is 0.366 e. The SMILES string of the molecule is NCc1ccccc1CNc1cc(=O)[nH]c(C2CC2)n1. The molecule has 2 aromatic rings. The Balaban J connectivity index is 1.76. The maximum absolute atomic E-state index is 11.6. The van der Waals surface area contributed by atoms with Crippen molar-refractivity contribution in [2.24, 2.45) is 5.73 Å². The van der Waals surface area contributed by atoms with E-state index in [1.807, 2.05) is 24.3 Å².